The number of nitrogens with zero attached hydrogens (tertiary/aromatic N) is 1. The molecule has 0 radical (unpaired) electrons. The van der Waals surface area contributed by atoms with E-state index in [0.29, 0.717) is 17.2 Å². The molecule has 0 amide bonds. The van der Waals surface area contributed by atoms with Crippen molar-refractivity contribution in [1.29, 1.82) is 0 Å². The van der Waals surface area contributed by atoms with E-state index in [1.165, 1.54) is 0 Å². The van der Waals surface area contributed by atoms with E-state index >= 15 is 0 Å². The van der Waals surface area contributed by atoms with Gasteiger partial charge in [-0.1, -0.05) is 0 Å². The van der Waals surface area contributed by atoms with Gasteiger partial charge in [-0.05, 0) is 24.3 Å². The van der Waals surface area contributed by atoms with E-state index in [0.717, 1.165) is 5.75 Å². The van der Waals surface area contributed by atoms with Crippen molar-refractivity contribution >= 4 is 0 Å². The third-order valence-electron chi connectivity index (χ3n) is 2.24. The minimum Gasteiger partial charge on any atom is -0.493 e. The zero-order chi connectivity index (χ0) is 12.1. The van der Waals surface area contributed by atoms with Crippen LogP contribution >= 0.6 is 0 Å². The highest BCUT2D eigenvalue weighted by atomic mass is 16.5. The predicted octanol–water partition coefficient (Wildman–Crippen LogP) is 2.89. The Hall–Kier alpha value is -2.23. The van der Waals surface area contributed by atoms with Crippen molar-refractivity contribution in [3.05, 3.63) is 42.7 Å². The molecule has 4 heteroatoms. The number of pyridine rings is 1. The number of ether oxygens (including phenoxy) is 3. The molecule has 0 saturated carbocycles. The molecule has 0 unspecified atom stereocenters. The predicted molar refractivity (Wildman–Crippen MR) is 63.9 cm³/mol. The van der Waals surface area contributed by atoms with Crippen LogP contribution in [0.5, 0.6) is 23.0 Å². The van der Waals surface area contributed by atoms with E-state index < -0.39 is 0 Å². The molecule has 2 rings (SSSR count). The molecule has 0 atom stereocenters. The molecule has 0 bridgehead atoms. The Morgan fingerprint density at radius 2 is 1.53 bits per heavy atom. The van der Waals surface area contributed by atoms with Gasteiger partial charge in [-0.3, -0.25) is 4.98 Å². The number of benzene rings is 1. The van der Waals surface area contributed by atoms with Crippen LogP contribution in [0.1, 0.15) is 0 Å². The van der Waals surface area contributed by atoms with Gasteiger partial charge in [-0.2, -0.15) is 0 Å². The lowest BCUT2D eigenvalue weighted by atomic mass is 10.3. The second kappa shape index (κ2) is 5.21. The topological polar surface area (TPSA) is 40.6 Å². The highest BCUT2D eigenvalue weighted by Crippen LogP contribution is 2.32. The number of hydrogen-bond acceptors (Lipinski definition) is 4. The Morgan fingerprint density at radius 1 is 0.824 bits per heavy atom. The first-order valence-electron chi connectivity index (χ1n) is 5.13. The van der Waals surface area contributed by atoms with Crippen molar-refractivity contribution in [3.63, 3.8) is 0 Å². The second-order valence-electron chi connectivity index (χ2n) is 3.30. The summed E-state index contributed by atoms with van der Waals surface area (Å²) in [6.45, 7) is 0. The average molecular weight is 231 g/mol. The average Bonchev–Trinajstić information content (AvgIpc) is 2.40. The molecular formula is C13H13NO3. The fourth-order valence-electron chi connectivity index (χ4n) is 1.42. The van der Waals surface area contributed by atoms with Crippen LogP contribution in [-0.2, 0) is 0 Å². The molecule has 1 heterocycles. The summed E-state index contributed by atoms with van der Waals surface area (Å²) in [6, 6.07) is 8.98. The molecule has 0 fully saturated rings. The van der Waals surface area contributed by atoms with Crippen molar-refractivity contribution < 1.29 is 14.2 Å². The number of rotatable bonds is 4. The summed E-state index contributed by atoms with van der Waals surface area (Å²) in [5.41, 5.74) is 0. The van der Waals surface area contributed by atoms with Crippen molar-refractivity contribution in [2.75, 3.05) is 14.2 Å². The van der Waals surface area contributed by atoms with Gasteiger partial charge < -0.3 is 14.2 Å². The van der Waals surface area contributed by atoms with E-state index in [9.17, 15) is 0 Å². The third-order valence-corrected chi connectivity index (χ3v) is 2.24. The van der Waals surface area contributed by atoms with Gasteiger partial charge in [0.15, 0.2) is 11.5 Å². The highest BCUT2D eigenvalue weighted by Gasteiger charge is 2.05. The largest absolute Gasteiger partial charge is 0.493 e. The van der Waals surface area contributed by atoms with Crippen molar-refractivity contribution in [1.82, 2.24) is 4.98 Å². The van der Waals surface area contributed by atoms with Gasteiger partial charge in [0.05, 0.1) is 14.2 Å². The number of hydrogen-bond donors (Lipinski definition) is 0. The first-order valence-corrected chi connectivity index (χ1v) is 5.13. The molecule has 17 heavy (non-hydrogen) atoms. The maximum Gasteiger partial charge on any atom is 0.164 e. The lowest BCUT2D eigenvalue weighted by molar-refractivity contribution is 0.352. The van der Waals surface area contributed by atoms with Crippen LogP contribution < -0.4 is 14.2 Å². The van der Waals surface area contributed by atoms with Gasteiger partial charge in [-0.25, -0.2) is 0 Å². The summed E-state index contributed by atoms with van der Waals surface area (Å²) in [4.78, 5) is 3.92. The van der Waals surface area contributed by atoms with E-state index in [1.54, 1.807) is 50.9 Å². The van der Waals surface area contributed by atoms with Gasteiger partial charge in [0.2, 0.25) is 0 Å². The molecule has 1 aromatic heterocycles. The van der Waals surface area contributed by atoms with Gasteiger partial charge >= 0.3 is 0 Å². The molecule has 4 nitrogen and oxygen atoms in total. The lowest BCUT2D eigenvalue weighted by Crippen LogP contribution is -1.91. The van der Waals surface area contributed by atoms with Gasteiger partial charge in [0, 0.05) is 18.5 Å². The molecule has 0 aliphatic heterocycles. The van der Waals surface area contributed by atoms with Crippen LogP contribution in [0.2, 0.25) is 0 Å². The first-order chi connectivity index (χ1) is 8.33. The third kappa shape index (κ3) is 2.66. The minimum absolute atomic E-state index is 0.638. The number of methoxy groups -OCH3 is 2. The van der Waals surface area contributed by atoms with Crippen LogP contribution in [0, 0.1) is 0 Å². The van der Waals surface area contributed by atoms with Gasteiger partial charge in [0.1, 0.15) is 11.5 Å². The Labute approximate surface area is 99.8 Å². The van der Waals surface area contributed by atoms with Crippen LogP contribution in [0.15, 0.2) is 42.7 Å². The minimum atomic E-state index is 0.638. The van der Waals surface area contributed by atoms with E-state index in [-0.39, 0.29) is 0 Å². The molecule has 88 valence electrons. The van der Waals surface area contributed by atoms with E-state index in [4.69, 9.17) is 14.2 Å². The van der Waals surface area contributed by atoms with Gasteiger partial charge in [-0.15, -0.1) is 0 Å². The summed E-state index contributed by atoms with van der Waals surface area (Å²) in [5.74, 6) is 2.73. The fourth-order valence-corrected chi connectivity index (χ4v) is 1.42. The normalized spacial score (nSPS) is 9.76. The molecule has 0 aliphatic carbocycles. The lowest BCUT2D eigenvalue weighted by Gasteiger charge is -2.10. The Bertz CT molecular complexity index is 485. The van der Waals surface area contributed by atoms with Crippen molar-refractivity contribution in [3.8, 4) is 23.0 Å². The summed E-state index contributed by atoms with van der Waals surface area (Å²) in [7, 11) is 3.19. The maximum atomic E-state index is 5.64. The zero-order valence-electron chi connectivity index (χ0n) is 9.71. The molecule has 0 aliphatic rings. The molecule has 0 N–H and O–H groups in total. The molecular weight excluding hydrogens is 218 g/mol. The Kier molecular flexibility index (Phi) is 3.45. The Balaban J connectivity index is 2.22. The van der Waals surface area contributed by atoms with Gasteiger partial charge in [0.25, 0.3) is 0 Å². The molecule has 0 saturated heterocycles. The molecule has 2 aromatic rings. The summed E-state index contributed by atoms with van der Waals surface area (Å²) >= 11 is 0. The maximum absolute atomic E-state index is 5.64. The zero-order valence-corrected chi connectivity index (χ0v) is 9.71. The van der Waals surface area contributed by atoms with E-state index in [2.05, 4.69) is 4.98 Å². The summed E-state index contributed by atoms with van der Waals surface area (Å²) in [5, 5.41) is 0. The molecule has 0 spiro atoms. The second-order valence-corrected chi connectivity index (χ2v) is 3.30. The van der Waals surface area contributed by atoms with Crippen LogP contribution in [-0.4, -0.2) is 19.2 Å². The number of aromatic nitrogens is 1. The first kappa shape index (κ1) is 11.3. The van der Waals surface area contributed by atoms with Crippen molar-refractivity contribution in [2.24, 2.45) is 0 Å². The standard InChI is InChI=1S/C13H13NO3/c1-15-12-4-3-11(9-13(12)16-2)17-10-5-7-14-8-6-10/h3-9H,1-2H3. The van der Waals surface area contributed by atoms with Crippen LogP contribution in [0.25, 0.3) is 0 Å². The monoisotopic (exact) mass is 231 g/mol. The molecule has 1 aromatic carbocycles. The smallest absolute Gasteiger partial charge is 0.164 e. The quantitative estimate of drug-likeness (QED) is 0.811. The summed E-state index contributed by atoms with van der Waals surface area (Å²) in [6.07, 6.45) is 3.35. The van der Waals surface area contributed by atoms with Crippen LogP contribution in [0.3, 0.4) is 0 Å². The highest BCUT2D eigenvalue weighted by molar-refractivity contribution is 5.46. The summed E-state index contributed by atoms with van der Waals surface area (Å²) < 4.78 is 16.0. The van der Waals surface area contributed by atoms with E-state index in [1.807, 2.05) is 6.07 Å². The van der Waals surface area contributed by atoms with Crippen LogP contribution in [0.4, 0.5) is 0 Å². The van der Waals surface area contributed by atoms with Crippen molar-refractivity contribution in [2.45, 2.75) is 0 Å². The Morgan fingerprint density at radius 3 is 2.18 bits per heavy atom. The SMILES string of the molecule is COc1ccc(Oc2ccncc2)cc1OC. The fraction of sp³-hybridized carbons (Fsp3) is 0.154.